The number of hydrogen-bond acceptors (Lipinski definition) is 3. The maximum atomic E-state index is 5.81. The van der Waals surface area contributed by atoms with Crippen LogP contribution in [0.15, 0.2) is 24.3 Å². The van der Waals surface area contributed by atoms with Crippen molar-refractivity contribution in [1.82, 2.24) is 10.6 Å². The fraction of sp³-hybridized carbons (Fsp3) is 0.667. The molecule has 0 amide bonds. The maximum Gasteiger partial charge on any atom is 0.0655 e. The molecular weight excluding hydrogens is 260 g/mol. The lowest BCUT2D eigenvalue weighted by molar-refractivity contribution is -0.114. The quantitative estimate of drug-likeness (QED) is 0.873. The Balaban J connectivity index is 1.49. The molecule has 1 aromatic carbocycles. The Hall–Kier alpha value is -0.900. The van der Waals surface area contributed by atoms with Gasteiger partial charge in [0.05, 0.1) is 6.10 Å². The molecule has 1 aliphatic heterocycles. The molecular formula is C18H28N2O. The first kappa shape index (κ1) is 15.0. The molecule has 0 aromatic heterocycles. The van der Waals surface area contributed by atoms with Crippen molar-refractivity contribution in [2.45, 2.75) is 58.3 Å². The van der Waals surface area contributed by atoms with Gasteiger partial charge in [-0.1, -0.05) is 38.1 Å². The summed E-state index contributed by atoms with van der Waals surface area (Å²) in [6, 6.07) is 9.89. The van der Waals surface area contributed by atoms with E-state index in [-0.39, 0.29) is 5.41 Å². The van der Waals surface area contributed by atoms with Crippen molar-refractivity contribution < 1.29 is 4.74 Å². The summed E-state index contributed by atoms with van der Waals surface area (Å²) in [7, 11) is 0. The van der Waals surface area contributed by atoms with Crippen molar-refractivity contribution in [2.24, 2.45) is 5.41 Å². The zero-order valence-electron chi connectivity index (χ0n) is 13.5. The zero-order valence-corrected chi connectivity index (χ0v) is 13.5. The van der Waals surface area contributed by atoms with Gasteiger partial charge in [0.2, 0.25) is 0 Å². The fourth-order valence-corrected chi connectivity index (χ4v) is 3.67. The van der Waals surface area contributed by atoms with Crippen LogP contribution >= 0.6 is 0 Å². The molecule has 3 heteroatoms. The Morgan fingerprint density at radius 3 is 2.76 bits per heavy atom. The van der Waals surface area contributed by atoms with Gasteiger partial charge in [-0.15, -0.1) is 0 Å². The minimum atomic E-state index is 0.253. The average Bonchev–Trinajstić information content (AvgIpc) is 2.50. The first-order valence-corrected chi connectivity index (χ1v) is 8.26. The van der Waals surface area contributed by atoms with E-state index in [4.69, 9.17) is 4.74 Å². The van der Waals surface area contributed by atoms with Gasteiger partial charge in [0.25, 0.3) is 0 Å². The van der Waals surface area contributed by atoms with Gasteiger partial charge in [0.15, 0.2) is 0 Å². The normalized spacial score (nSPS) is 30.5. The summed E-state index contributed by atoms with van der Waals surface area (Å²) in [5, 5.41) is 7.40. The molecule has 0 radical (unpaired) electrons. The number of hydrogen-bond donors (Lipinski definition) is 2. The lowest BCUT2D eigenvalue weighted by atomic mass is 9.64. The monoisotopic (exact) mass is 288 g/mol. The molecule has 3 atom stereocenters. The minimum absolute atomic E-state index is 0.253. The Labute approximate surface area is 128 Å². The second-order valence-electron chi connectivity index (χ2n) is 7.01. The van der Waals surface area contributed by atoms with E-state index in [9.17, 15) is 0 Å². The number of benzene rings is 1. The lowest BCUT2D eigenvalue weighted by Gasteiger charge is -2.52. The molecule has 1 aliphatic carbocycles. The van der Waals surface area contributed by atoms with E-state index in [1.807, 2.05) is 0 Å². The van der Waals surface area contributed by atoms with E-state index in [2.05, 4.69) is 55.7 Å². The molecule has 3 nitrogen and oxygen atoms in total. The second-order valence-corrected chi connectivity index (χ2v) is 7.01. The van der Waals surface area contributed by atoms with Gasteiger partial charge in [0.1, 0.15) is 0 Å². The maximum absolute atomic E-state index is 5.81. The van der Waals surface area contributed by atoms with E-state index >= 15 is 0 Å². The van der Waals surface area contributed by atoms with Gasteiger partial charge < -0.3 is 15.4 Å². The summed E-state index contributed by atoms with van der Waals surface area (Å²) >= 11 is 0. The molecule has 0 spiro atoms. The number of ether oxygens (including phenoxy) is 1. The van der Waals surface area contributed by atoms with E-state index in [1.165, 1.54) is 11.1 Å². The fourth-order valence-electron chi connectivity index (χ4n) is 3.67. The zero-order chi connectivity index (χ0) is 14.9. The molecule has 1 heterocycles. The Bertz CT molecular complexity index is 486. The summed E-state index contributed by atoms with van der Waals surface area (Å²) in [4.78, 5) is 0. The van der Waals surface area contributed by atoms with Crippen LogP contribution in [-0.4, -0.2) is 31.3 Å². The van der Waals surface area contributed by atoms with Crippen molar-refractivity contribution >= 4 is 0 Å². The van der Waals surface area contributed by atoms with Crippen LogP contribution in [0.3, 0.4) is 0 Å². The molecule has 2 aliphatic rings. The summed E-state index contributed by atoms with van der Waals surface area (Å²) in [5.74, 6) is 0. The highest BCUT2D eigenvalue weighted by Gasteiger charge is 2.48. The number of nitrogens with one attached hydrogen (secondary N) is 2. The van der Waals surface area contributed by atoms with Crippen LogP contribution in [0.5, 0.6) is 0 Å². The van der Waals surface area contributed by atoms with Gasteiger partial charge in [-0.3, -0.25) is 0 Å². The molecule has 1 saturated carbocycles. The van der Waals surface area contributed by atoms with Crippen molar-refractivity contribution in [3.8, 4) is 0 Å². The highest BCUT2D eigenvalue weighted by molar-refractivity contribution is 5.30. The lowest BCUT2D eigenvalue weighted by Crippen LogP contribution is -2.62. The summed E-state index contributed by atoms with van der Waals surface area (Å²) in [6.07, 6.45) is 2.69. The van der Waals surface area contributed by atoms with Gasteiger partial charge in [-0.2, -0.15) is 0 Å². The average molecular weight is 288 g/mol. The third-order valence-electron chi connectivity index (χ3n) is 5.32. The highest BCUT2D eigenvalue weighted by atomic mass is 16.5. The van der Waals surface area contributed by atoms with Gasteiger partial charge >= 0.3 is 0 Å². The van der Waals surface area contributed by atoms with Crippen LogP contribution in [0, 0.1) is 5.41 Å². The van der Waals surface area contributed by atoms with Gasteiger partial charge in [-0.05, 0) is 30.9 Å². The smallest absolute Gasteiger partial charge is 0.0655 e. The van der Waals surface area contributed by atoms with E-state index in [0.29, 0.717) is 18.2 Å². The first-order valence-electron chi connectivity index (χ1n) is 8.26. The van der Waals surface area contributed by atoms with Gasteiger partial charge in [-0.25, -0.2) is 0 Å². The third kappa shape index (κ3) is 3.01. The van der Waals surface area contributed by atoms with Gasteiger partial charge in [0, 0.05) is 37.2 Å². The molecule has 3 unspecified atom stereocenters. The van der Waals surface area contributed by atoms with E-state index in [0.717, 1.165) is 32.5 Å². The predicted molar refractivity (Wildman–Crippen MR) is 86.4 cm³/mol. The third-order valence-corrected chi connectivity index (χ3v) is 5.32. The molecule has 0 bridgehead atoms. The van der Waals surface area contributed by atoms with Crippen LogP contribution in [0.25, 0.3) is 0 Å². The highest BCUT2D eigenvalue weighted by Crippen LogP contribution is 2.42. The van der Waals surface area contributed by atoms with Crippen molar-refractivity contribution in [3.05, 3.63) is 35.4 Å². The van der Waals surface area contributed by atoms with E-state index < -0.39 is 0 Å². The SMILES string of the molecule is CCOC1CC(NCC2Cc3ccccc3CN2)C1(C)C. The molecule has 3 rings (SSSR count). The molecule has 0 saturated heterocycles. The molecule has 21 heavy (non-hydrogen) atoms. The standard InChI is InChI=1S/C18H28N2O/c1-4-21-17-10-16(18(17,2)3)20-12-15-9-13-7-5-6-8-14(13)11-19-15/h5-8,15-17,19-20H,4,9-12H2,1-3H3. The molecule has 116 valence electrons. The Morgan fingerprint density at radius 1 is 1.29 bits per heavy atom. The predicted octanol–water partition coefficient (Wildman–Crippen LogP) is 2.49. The van der Waals surface area contributed by atoms with Crippen LogP contribution < -0.4 is 10.6 Å². The Kier molecular flexibility index (Phi) is 4.34. The number of rotatable bonds is 5. The van der Waals surface area contributed by atoms with Crippen LogP contribution in [0.1, 0.15) is 38.3 Å². The topological polar surface area (TPSA) is 33.3 Å². The molecule has 1 fully saturated rings. The summed E-state index contributed by atoms with van der Waals surface area (Å²) in [6.45, 7) is 9.58. The second kappa shape index (κ2) is 6.07. The minimum Gasteiger partial charge on any atom is -0.378 e. The van der Waals surface area contributed by atoms with Crippen molar-refractivity contribution in [2.75, 3.05) is 13.2 Å². The van der Waals surface area contributed by atoms with E-state index in [1.54, 1.807) is 0 Å². The molecule has 1 aromatic rings. The number of fused-ring (bicyclic) bond motifs is 1. The summed E-state index contributed by atoms with van der Waals surface area (Å²) < 4.78 is 5.81. The Morgan fingerprint density at radius 2 is 2.05 bits per heavy atom. The van der Waals surface area contributed by atoms with Crippen LogP contribution in [-0.2, 0) is 17.7 Å². The summed E-state index contributed by atoms with van der Waals surface area (Å²) in [5.41, 5.74) is 3.21. The van der Waals surface area contributed by atoms with Crippen LogP contribution in [0.2, 0.25) is 0 Å². The van der Waals surface area contributed by atoms with Crippen molar-refractivity contribution in [1.29, 1.82) is 0 Å². The largest absolute Gasteiger partial charge is 0.378 e. The van der Waals surface area contributed by atoms with Crippen LogP contribution in [0.4, 0.5) is 0 Å². The van der Waals surface area contributed by atoms with Crippen molar-refractivity contribution in [3.63, 3.8) is 0 Å². The molecule has 2 N–H and O–H groups in total. The first-order chi connectivity index (χ1) is 10.1.